The van der Waals surface area contributed by atoms with Crippen LogP contribution in [0.2, 0.25) is 0 Å². The van der Waals surface area contributed by atoms with Crippen molar-refractivity contribution in [2.24, 2.45) is 0 Å². The molecule has 4 aromatic rings. The van der Waals surface area contributed by atoms with Crippen molar-refractivity contribution in [1.82, 2.24) is 14.6 Å². The Morgan fingerprint density at radius 2 is 1.96 bits per heavy atom. The fraction of sp³-hybridized carbons (Fsp3) is 0.158. The molecule has 0 fully saturated rings. The third-order valence-corrected chi connectivity index (χ3v) is 6.60. The van der Waals surface area contributed by atoms with Crippen LogP contribution in [0.15, 0.2) is 52.7 Å². The summed E-state index contributed by atoms with van der Waals surface area (Å²) in [5.74, 6) is 0.767. The van der Waals surface area contributed by atoms with Crippen molar-refractivity contribution in [2.45, 2.75) is 18.7 Å². The van der Waals surface area contributed by atoms with Gasteiger partial charge in [-0.1, -0.05) is 29.8 Å². The summed E-state index contributed by atoms with van der Waals surface area (Å²) in [6.07, 6.45) is 0. The first-order valence-corrected chi connectivity index (χ1v) is 10.8. The molecule has 2 heterocycles. The number of hydrogen-bond acceptors (Lipinski definition) is 6. The Hall–Kier alpha value is -2.91. The van der Waals surface area contributed by atoms with E-state index in [1.165, 1.54) is 11.3 Å². The van der Waals surface area contributed by atoms with Crippen LogP contribution in [-0.2, 0) is 10.0 Å². The lowest BCUT2D eigenvalue weighted by atomic mass is 10.2. The summed E-state index contributed by atoms with van der Waals surface area (Å²) < 4.78 is 34.9. The number of methoxy groups -OCH3 is 1. The van der Waals surface area contributed by atoms with Gasteiger partial charge in [-0.2, -0.15) is 4.98 Å². The van der Waals surface area contributed by atoms with E-state index in [0.717, 1.165) is 22.6 Å². The molecule has 0 amide bonds. The van der Waals surface area contributed by atoms with E-state index in [1.54, 1.807) is 30.7 Å². The highest BCUT2D eigenvalue weighted by Gasteiger charge is 2.20. The Morgan fingerprint density at radius 1 is 1.14 bits per heavy atom. The molecule has 1 N–H and O–H groups in total. The number of nitrogens with zero attached hydrogens (tertiary/aromatic N) is 3. The van der Waals surface area contributed by atoms with Crippen LogP contribution in [0, 0.1) is 13.8 Å². The van der Waals surface area contributed by atoms with Gasteiger partial charge in [0, 0.05) is 10.9 Å². The molecule has 0 atom stereocenters. The predicted octanol–water partition coefficient (Wildman–Crippen LogP) is 3.88. The number of hydrogen-bond donors (Lipinski definition) is 1. The van der Waals surface area contributed by atoms with Gasteiger partial charge in [-0.25, -0.2) is 17.7 Å². The van der Waals surface area contributed by atoms with Crippen LogP contribution in [0.25, 0.3) is 16.2 Å². The van der Waals surface area contributed by atoms with E-state index in [1.807, 2.05) is 42.6 Å². The summed E-state index contributed by atoms with van der Waals surface area (Å²) in [5.41, 5.74) is 3.38. The monoisotopic (exact) mass is 414 g/mol. The molecule has 0 bridgehead atoms. The highest BCUT2D eigenvalue weighted by Crippen LogP contribution is 2.29. The number of benzene rings is 2. The number of rotatable bonds is 5. The first-order valence-electron chi connectivity index (χ1n) is 8.46. The molecule has 144 valence electrons. The average Bonchev–Trinajstić information content (AvgIpc) is 3.20. The van der Waals surface area contributed by atoms with Crippen LogP contribution in [0.5, 0.6) is 5.75 Å². The predicted molar refractivity (Wildman–Crippen MR) is 110 cm³/mol. The zero-order valence-corrected chi connectivity index (χ0v) is 17.1. The fourth-order valence-corrected chi connectivity index (χ4v) is 4.98. The number of aromatic nitrogens is 3. The molecule has 7 nitrogen and oxygen atoms in total. The highest BCUT2D eigenvalue weighted by atomic mass is 32.2. The van der Waals surface area contributed by atoms with Crippen LogP contribution in [0.3, 0.4) is 0 Å². The van der Waals surface area contributed by atoms with E-state index < -0.39 is 10.0 Å². The molecule has 0 unspecified atom stereocenters. The molecule has 4 rings (SSSR count). The maximum absolute atomic E-state index is 12.8. The maximum atomic E-state index is 12.8. The van der Waals surface area contributed by atoms with Crippen LogP contribution in [0.4, 0.5) is 5.95 Å². The third kappa shape index (κ3) is 3.34. The zero-order chi connectivity index (χ0) is 19.9. The highest BCUT2D eigenvalue weighted by molar-refractivity contribution is 7.92. The van der Waals surface area contributed by atoms with Crippen LogP contribution in [-0.4, -0.2) is 30.1 Å². The van der Waals surface area contributed by atoms with Gasteiger partial charge in [0.2, 0.25) is 4.96 Å². The number of nitrogens with one attached hydrogen (secondary N) is 1. The van der Waals surface area contributed by atoms with E-state index in [9.17, 15) is 8.42 Å². The fourth-order valence-electron chi connectivity index (χ4n) is 2.98. The second-order valence-electron chi connectivity index (χ2n) is 6.36. The van der Waals surface area contributed by atoms with Crippen molar-refractivity contribution in [2.75, 3.05) is 11.8 Å². The van der Waals surface area contributed by atoms with Gasteiger partial charge in [-0.15, -0.1) is 16.4 Å². The minimum absolute atomic E-state index is 0.0379. The molecular weight excluding hydrogens is 396 g/mol. The van der Waals surface area contributed by atoms with Crippen molar-refractivity contribution in [1.29, 1.82) is 0 Å². The van der Waals surface area contributed by atoms with Gasteiger partial charge in [0.15, 0.2) is 0 Å². The van der Waals surface area contributed by atoms with Crippen LogP contribution < -0.4 is 9.46 Å². The number of ether oxygens (including phenoxy) is 1. The molecule has 28 heavy (non-hydrogen) atoms. The van der Waals surface area contributed by atoms with Crippen molar-refractivity contribution < 1.29 is 13.2 Å². The summed E-state index contributed by atoms with van der Waals surface area (Å²) in [5, 5.41) is 6.27. The molecular formula is C19H18N4O3S2. The summed E-state index contributed by atoms with van der Waals surface area (Å²) in [4.78, 5) is 5.11. The van der Waals surface area contributed by atoms with Crippen molar-refractivity contribution in [3.8, 4) is 17.0 Å². The molecule has 0 saturated heterocycles. The summed E-state index contributed by atoms with van der Waals surface area (Å²) in [6.45, 7) is 3.68. The second kappa shape index (κ2) is 6.92. The number of anilines is 1. The molecule has 0 aliphatic carbocycles. The normalized spacial score (nSPS) is 11.7. The number of sulfonamides is 1. The maximum Gasteiger partial charge on any atom is 0.264 e. The van der Waals surface area contributed by atoms with Gasteiger partial charge >= 0.3 is 0 Å². The molecule has 0 aliphatic rings. The molecule has 0 spiro atoms. The zero-order valence-electron chi connectivity index (χ0n) is 15.5. The summed E-state index contributed by atoms with van der Waals surface area (Å²) in [7, 11) is -2.17. The van der Waals surface area contributed by atoms with E-state index in [-0.39, 0.29) is 10.8 Å². The van der Waals surface area contributed by atoms with Gasteiger partial charge < -0.3 is 4.74 Å². The van der Waals surface area contributed by atoms with Crippen molar-refractivity contribution >= 4 is 32.3 Å². The van der Waals surface area contributed by atoms with Gasteiger partial charge in [0.25, 0.3) is 16.0 Å². The first-order chi connectivity index (χ1) is 13.4. The molecule has 0 radical (unpaired) electrons. The first kappa shape index (κ1) is 18.5. The number of thiazole rings is 1. The molecule has 9 heteroatoms. The SMILES string of the molecule is COc1cccc(-c2csc3nc(NS(=O)(=O)c4ccc(C)cc4C)nn23)c1. The quantitative estimate of drug-likeness (QED) is 0.536. The Morgan fingerprint density at radius 3 is 2.71 bits per heavy atom. The lowest BCUT2D eigenvalue weighted by Crippen LogP contribution is -2.15. The second-order valence-corrected chi connectivity index (χ2v) is 8.84. The summed E-state index contributed by atoms with van der Waals surface area (Å²) >= 11 is 1.38. The Balaban J connectivity index is 1.70. The van der Waals surface area contributed by atoms with E-state index in [2.05, 4.69) is 14.8 Å². The molecule has 0 saturated carbocycles. The topological polar surface area (TPSA) is 85.6 Å². The Bertz CT molecular complexity index is 1280. The van der Waals surface area contributed by atoms with E-state index in [0.29, 0.717) is 10.5 Å². The van der Waals surface area contributed by atoms with E-state index in [4.69, 9.17) is 4.74 Å². The summed E-state index contributed by atoms with van der Waals surface area (Å²) in [6, 6.07) is 12.8. The number of aryl methyl sites for hydroxylation is 2. The van der Waals surface area contributed by atoms with Crippen LogP contribution in [0.1, 0.15) is 11.1 Å². The Kier molecular flexibility index (Phi) is 4.56. The minimum Gasteiger partial charge on any atom is -0.497 e. The lowest BCUT2D eigenvalue weighted by molar-refractivity contribution is 0.415. The standard InChI is InChI=1S/C19H18N4O3S2/c1-12-7-8-17(13(2)9-12)28(24,25)22-18-20-19-23(21-18)16(11-27-19)14-5-4-6-15(10-14)26-3/h4-11H,1-3H3,(H,21,22). The van der Waals surface area contributed by atoms with E-state index >= 15 is 0 Å². The van der Waals surface area contributed by atoms with Gasteiger partial charge in [0.1, 0.15) is 5.75 Å². The van der Waals surface area contributed by atoms with Gasteiger partial charge in [0.05, 0.1) is 17.7 Å². The lowest BCUT2D eigenvalue weighted by Gasteiger charge is -2.08. The van der Waals surface area contributed by atoms with Gasteiger partial charge in [-0.3, -0.25) is 0 Å². The largest absolute Gasteiger partial charge is 0.497 e. The molecule has 2 aromatic carbocycles. The molecule has 0 aliphatic heterocycles. The van der Waals surface area contributed by atoms with Gasteiger partial charge in [-0.05, 0) is 37.6 Å². The third-order valence-electron chi connectivity index (χ3n) is 4.29. The van der Waals surface area contributed by atoms with Crippen LogP contribution >= 0.6 is 11.3 Å². The smallest absolute Gasteiger partial charge is 0.264 e. The van der Waals surface area contributed by atoms with Crippen molar-refractivity contribution in [3.63, 3.8) is 0 Å². The van der Waals surface area contributed by atoms with Crippen molar-refractivity contribution in [3.05, 3.63) is 59.0 Å². The Labute approximate surface area is 166 Å². The average molecular weight is 415 g/mol. The minimum atomic E-state index is -3.78. The molecule has 2 aromatic heterocycles. The number of fused-ring (bicyclic) bond motifs is 1.